The predicted octanol–water partition coefficient (Wildman–Crippen LogP) is 3.07. The van der Waals surface area contributed by atoms with Gasteiger partial charge in [0, 0.05) is 45.8 Å². The van der Waals surface area contributed by atoms with Gasteiger partial charge in [-0.05, 0) is 42.8 Å². The van der Waals surface area contributed by atoms with Crippen LogP contribution in [0.1, 0.15) is 36.5 Å². The van der Waals surface area contributed by atoms with E-state index in [0.29, 0.717) is 18.7 Å². The lowest BCUT2D eigenvalue weighted by molar-refractivity contribution is 0.0746. The second kappa shape index (κ2) is 10.1. The van der Waals surface area contributed by atoms with Crippen molar-refractivity contribution in [2.75, 3.05) is 56.7 Å². The van der Waals surface area contributed by atoms with Crippen LogP contribution < -0.4 is 14.5 Å². The molecule has 0 saturated carbocycles. The van der Waals surface area contributed by atoms with Gasteiger partial charge in [-0.3, -0.25) is 4.79 Å². The zero-order chi connectivity index (χ0) is 20.6. The van der Waals surface area contributed by atoms with E-state index in [4.69, 9.17) is 4.74 Å². The molecule has 1 aliphatic heterocycles. The van der Waals surface area contributed by atoms with Crippen LogP contribution in [-0.4, -0.2) is 67.9 Å². The number of aromatic nitrogens is 2. The van der Waals surface area contributed by atoms with Crippen LogP contribution >= 0.6 is 0 Å². The molecule has 3 rings (SSSR count). The second-order valence-corrected chi connectivity index (χ2v) is 7.50. The molecule has 7 nitrogen and oxygen atoms in total. The Hall–Kier alpha value is -2.83. The number of rotatable bonds is 8. The van der Waals surface area contributed by atoms with Gasteiger partial charge in [0.2, 0.25) is 0 Å². The summed E-state index contributed by atoms with van der Waals surface area (Å²) in [5.74, 6) is 2.58. The minimum Gasteiger partial charge on any atom is -0.494 e. The van der Waals surface area contributed by atoms with Crippen molar-refractivity contribution in [2.45, 2.75) is 26.2 Å². The van der Waals surface area contributed by atoms with Crippen molar-refractivity contribution < 1.29 is 9.53 Å². The van der Waals surface area contributed by atoms with Crippen molar-refractivity contribution in [2.24, 2.45) is 0 Å². The lowest BCUT2D eigenvalue weighted by atomic mass is 10.1. The molecule has 0 aliphatic carbocycles. The van der Waals surface area contributed by atoms with Crippen LogP contribution in [0.3, 0.4) is 0 Å². The quantitative estimate of drug-likeness (QED) is 0.638. The van der Waals surface area contributed by atoms with Gasteiger partial charge < -0.3 is 19.4 Å². The summed E-state index contributed by atoms with van der Waals surface area (Å²) in [6.45, 7) is 5.74. The first kappa shape index (κ1) is 20.9. The third-order valence-corrected chi connectivity index (χ3v) is 5.10. The molecule has 1 aliphatic rings. The average Bonchev–Trinajstić information content (AvgIpc) is 2.77. The zero-order valence-corrected chi connectivity index (χ0v) is 17.7. The van der Waals surface area contributed by atoms with Crippen molar-refractivity contribution in [3.8, 4) is 5.75 Å². The Morgan fingerprint density at radius 2 is 1.72 bits per heavy atom. The standard InChI is InChI=1S/C22H31N5O2/c1-4-5-6-17-29-19-9-7-18(8-10-19)22(28)27-15-13-26(14-16-27)21-12-11-20(23-24-21)25(2)3/h7-12H,4-6,13-17H2,1-3H3. The fourth-order valence-electron chi connectivity index (χ4n) is 3.28. The minimum absolute atomic E-state index is 0.0659. The molecule has 0 spiro atoms. The molecule has 0 atom stereocenters. The SMILES string of the molecule is CCCCCOc1ccc(C(=O)N2CCN(c3ccc(N(C)C)nn3)CC2)cc1. The third kappa shape index (κ3) is 5.59. The van der Waals surface area contributed by atoms with E-state index < -0.39 is 0 Å². The van der Waals surface area contributed by atoms with Crippen LogP contribution in [0.2, 0.25) is 0 Å². The first-order valence-corrected chi connectivity index (χ1v) is 10.4. The van der Waals surface area contributed by atoms with Crippen LogP contribution in [0.15, 0.2) is 36.4 Å². The molecule has 1 amide bonds. The highest BCUT2D eigenvalue weighted by Gasteiger charge is 2.23. The van der Waals surface area contributed by atoms with Crippen LogP contribution in [0.4, 0.5) is 11.6 Å². The number of benzene rings is 1. The van der Waals surface area contributed by atoms with E-state index in [1.54, 1.807) is 0 Å². The molecule has 1 aromatic carbocycles. The molecule has 2 aromatic rings. The summed E-state index contributed by atoms with van der Waals surface area (Å²) in [5.41, 5.74) is 0.703. The molecule has 1 saturated heterocycles. The molecule has 0 N–H and O–H groups in total. The number of unbranched alkanes of at least 4 members (excludes halogenated alkanes) is 2. The van der Waals surface area contributed by atoms with Crippen LogP contribution in [0.5, 0.6) is 5.75 Å². The van der Waals surface area contributed by atoms with Gasteiger partial charge in [0.25, 0.3) is 5.91 Å². The first-order valence-electron chi connectivity index (χ1n) is 10.4. The Labute approximate surface area is 173 Å². The Balaban J connectivity index is 1.50. The van der Waals surface area contributed by atoms with Crippen LogP contribution in [-0.2, 0) is 0 Å². The third-order valence-electron chi connectivity index (χ3n) is 5.10. The molecular weight excluding hydrogens is 366 g/mol. The maximum absolute atomic E-state index is 12.8. The molecule has 0 unspecified atom stereocenters. The fraction of sp³-hybridized carbons (Fsp3) is 0.500. The Bertz CT molecular complexity index is 769. The Morgan fingerprint density at radius 3 is 2.31 bits per heavy atom. The molecule has 29 heavy (non-hydrogen) atoms. The van der Waals surface area contributed by atoms with Gasteiger partial charge in [-0.15, -0.1) is 10.2 Å². The van der Waals surface area contributed by atoms with Gasteiger partial charge in [0.05, 0.1) is 6.61 Å². The summed E-state index contributed by atoms with van der Waals surface area (Å²) < 4.78 is 5.73. The average molecular weight is 398 g/mol. The van der Waals surface area contributed by atoms with Gasteiger partial charge >= 0.3 is 0 Å². The zero-order valence-electron chi connectivity index (χ0n) is 17.7. The summed E-state index contributed by atoms with van der Waals surface area (Å²) in [6.07, 6.45) is 3.41. The highest BCUT2D eigenvalue weighted by molar-refractivity contribution is 5.94. The van der Waals surface area contributed by atoms with Crippen molar-refractivity contribution in [3.63, 3.8) is 0 Å². The highest BCUT2D eigenvalue weighted by atomic mass is 16.5. The molecule has 7 heteroatoms. The molecule has 0 bridgehead atoms. The van der Waals surface area contributed by atoms with Gasteiger partial charge in [-0.25, -0.2) is 0 Å². The predicted molar refractivity (Wildman–Crippen MR) is 116 cm³/mol. The smallest absolute Gasteiger partial charge is 0.253 e. The van der Waals surface area contributed by atoms with Gasteiger partial charge in [0.1, 0.15) is 5.75 Å². The number of carbonyl (C=O) groups excluding carboxylic acids is 1. The molecule has 1 aromatic heterocycles. The van der Waals surface area contributed by atoms with E-state index in [2.05, 4.69) is 22.0 Å². The summed E-state index contributed by atoms with van der Waals surface area (Å²) >= 11 is 0. The van der Waals surface area contributed by atoms with Crippen LogP contribution in [0, 0.1) is 0 Å². The largest absolute Gasteiger partial charge is 0.494 e. The van der Waals surface area contributed by atoms with E-state index in [1.165, 1.54) is 12.8 Å². The van der Waals surface area contributed by atoms with Gasteiger partial charge in [-0.2, -0.15) is 0 Å². The number of amides is 1. The number of carbonyl (C=O) groups is 1. The second-order valence-electron chi connectivity index (χ2n) is 7.50. The summed E-state index contributed by atoms with van der Waals surface area (Å²) in [4.78, 5) is 18.8. The maximum atomic E-state index is 12.8. The minimum atomic E-state index is 0.0659. The number of hydrogen-bond donors (Lipinski definition) is 0. The highest BCUT2D eigenvalue weighted by Crippen LogP contribution is 2.18. The van der Waals surface area contributed by atoms with Crippen molar-refractivity contribution in [3.05, 3.63) is 42.0 Å². The number of anilines is 2. The Kier molecular flexibility index (Phi) is 7.27. The summed E-state index contributed by atoms with van der Waals surface area (Å²) in [5, 5.41) is 8.55. The fourth-order valence-corrected chi connectivity index (χ4v) is 3.28. The lowest BCUT2D eigenvalue weighted by Gasteiger charge is -2.35. The van der Waals surface area contributed by atoms with Gasteiger partial charge in [-0.1, -0.05) is 19.8 Å². The number of hydrogen-bond acceptors (Lipinski definition) is 6. The maximum Gasteiger partial charge on any atom is 0.253 e. The van der Waals surface area contributed by atoms with E-state index in [0.717, 1.165) is 43.5 Å². The van der Waals surface area contributed by atoms with Gasteiger partial charge in [0.15, 0.2) is 11.6 Å². The number of nitrogens with zero attached hydrogens (tertiary/aromatic N) is 5. The molecule has 2 heterocycles. The molecule has 1 fully saturated rings. The normalized spacial score (nSPS) is 14.0. The number of ether oxygens (including phenoxy) is 1. The number of piperazine rings is 1. The van der Waals surface area contributed by atoms with Crippen molar-refractivity contribution in [1.82, 2.24) is 15.1 Å². The van der Waals surface area contributed by atoms with Crippen LogP contribution in [0.25, 0.3) is 0 Å². The van der Waals surface area contributed by atoms with Crippen molar-refractivity contribution in [1.29, 1.82) is 0 Å². The monoisotopic (exact) mass is 397 g/mol. The first-order chi connectivity index (χ1) is 14.1. The molecular formula is C22H31N5O2. The van der Waals surface area contributed by atoms with E-state index >= 15 is 0 Å². The lowest BCUT2D eigenvalue weighted by Crippen LogP contribution is -2.49. The van der Waals surface area contributed by atoms with Crippen molar-refractivity contribution >= 4 is 17.5 Å². The topological polar surface area (TPSA) is 61.8 Å². The van der Waals surface area contributed by atoms with E-state index in [9.17, 15) is 4.79 Å². The molecule has 0 radical (unpaired) electrons. The summed E-state index contributed by atoms with van der Waals surface area (Å²) in [7, 11) is 3.89. The molecule has 156 valence electrons. The Morgan fingerprint density at radius 1 is 1.00 bits per heavy atom. The summed E-state index contributed by atoms with van der Waals surface area (Å²) in [6, 6.07) is 11.4. The van der Waals surface area contributed by atoms with E-state index in [-0.39, 0.29) is 5.91 Å². The van der Waals surface area contributed by atoms with E-state index in [1.807, 2.05) is 60.3 Å².